The minimum Gasteiger partial charge on any atom is -0.465 e. The third-order valence-corrected chi connectivity index (χ3v) is 3.30. The lowest BCUT2D eigenvalue weighted by Gasteiger charge is -2.17. The molecule has 18 heavy (non-hydrogen) atoms. The van der Waals surface area contributed by atoms with Gasteiger partial charge in [0, 0.05) is 12.0 Å². The van der Waals surface area contributed by atoms with Crippen molar-refractivity contribution in [3.05, 3.63) is 15.8 Å². The van der Waals surface area contributed by atoms with E-state index in [1.165, 1.54) is 18.4 Å². The normalized spacial score (nSPS) is 11.2. The maximum absolute atomic E-state index is 11.8. The molecule has 0 aliphatic rings. The van der Waals surface area contributed by atoms with Gasteiger partial charge in [0.15, 0.2) is 0 Å². The zero-order chi connectivity index (χ0) is 13.9. The number of aryl methyl sites for hydroxylation is 1. The Morgan fingerprint density at radius 1 is 1.50 bits per heavy atom. The predicted octanol–water partition coefficient (Wildman–Crippen LogP) is 1.91. The number of ether oxygens (including phenoxy) is 1. The minimum absolute atomic E-state index is 0.183. The average Bonchev–Trinajstić information content (AvgIpc) is 2.57. The largest absolute Gasteiger partial charge is 0.465 e. The highest BCUT2D eigenvalue weighted by molar-refractivity contribution is 7.12. The van der Waals surface area contributed by atoms with Gasteiger partial charge in [0.2, 0.25) is 5.91 Å². The van der Waals surface area contributed by atoms with Crippen LogP contribution < -0.4 is 11.1 Å². The summed E-state index contributed by atoms with van der Waals surface area (Å²) >= 11 is 1.25. The Labute approximate surface area is 110 Å². The van der Waals surface area contributed by atoms with Crippen LogP contribution >= 0.6 is 11.3 Å². The van der Waals surface area contributed by atoms with Crippen LogP contribution in [-0.4, -0.2) is 24.5 Å². The number of hydrogen-bond donors (Lipinski definition) is 2. The van der Waals surface area contributed by atoms with Crippen LogP contribution in [0.2, 0.25) is 0 Å². The van der Waals surface area contributed by atoms with Gasteiger partial charge in [-0.3, -0.25) is 4.79 Å². The second-order valence-electron chi connectivity index (χ2n) is 4.83. The summed E-state index contributed by atoms with van der Waals surface area (Å²) in [6.07, 6.45) is 0.183. The fraction of sp³-hybridized carbons (Fsp3) is 0.500. The molecule has 0 aliphatic carbocycles. The summed E-state index contributed by atoms with van der Waals surface area (Å²) in [5, 5.41) is 4.52. The van der Waals surface area contributed by atoms with Crippen molar-refractivity contribution in [3.63, 3.8) is 0 Å². The summed E-state index contributed by atoms with van der Waals surface area (Å²) in [7, 11) is 1.31. The highest BCUT2D eigenvalue weighted by atomic mass is 32.1. The quantitative estimate of drug-likeness (QED) is 0.819. The molecule has 0 bridgehead atoms. The van der Waals surface area contributed by atoms with E-state index in [9.17, 15) is 9.59 Å². The molecule has 0 unspecified atom stereocenters. The number of nitrogens with one attached hydrogen (secondary N) is 1. The second-order valence-corrected chi connectivity index (χ2v) is 5.71. The van der Waals surface area contributed by atoms with Crippen LogP contribution in [0, 0.1) is 6.92 Å². The van der Waals surface area contributed by atoms with Gasteiger partial charge in [-0.2, -0.15) is 0 Å². The van der Waals surface area contributed by atoms with Crippen molar-refractivity contribution in [1.82, 2.24) is 0 Å². The highest BCUT2D eigenvalue weighted by Crippen LogP contribution is 2.28. The van der Waals surface area contributed by atoms with E-state index in [0.717, 1.165) is 5.56 Å². The number of methoxy groups -OCH3 is 1. The van der Waals surface area contributed by atoms with E-state index in [0.29, 0.717) is 10.6 Å². The fourth-order valence-electron chi connectivity index (χ4n) is 1.44. The number of hydrogen-bond acceptors (Lipinski definition) is 5. The molecule has 1 amide bonds. The summed E-state index contributed by atoms with van der Waals surface area (Å²) in [6.45, 7) is 5.37. The smallest absolute Gasteiger partial charge is 0.350 e. The molecule has 0 saturated heterocycles. The van der Waals surface area contributed by atoms with Crippen LogP contribution in [0.3, 0.4) is 0 Å². The lowest BCUT2D eigenvalue weighted by Crippen LogP contribution is -2.36. The Balaban J connectivity index is 2.87. The van der Waals surface area contributed by atoms with Crippen molar-refractivity contribution >= 4 is 28.9 Å². The summed E-state index contributed by atoms with van der Waals surface area (Å²) in [5.74, 6) is -0.662. The molecule has 100 valence electrons. The molecule has 1 aromatic rings. The number of rotatable bonds is 4. The van der Waals surface area contributed by atoms with Crippen molar-refractivity contribution in [2.75, 3.05) is 12.4 Å². The Hall–Kier alpha value is -1.40. The van der Waals surface area contributed by atoms with E-state index in [1.54, 1.807) is 19.2 Å². The molecule has 0 fully saturated rings. The van der Waals surface area contributed by atoms with Gasteiger partial charge in [-0.25, -0.2) is 4.79 Å². The molecular weight excluding hydrogens is 252 g/mol. The molecule has 0 saturated carbocycles. The molecule has 0 atom stereocenters. The van der Waals surface area contributed by atoms with Gasteiger partial charge in [0.25, 0.3) is 0 Å². The van der Waals surface area contributed by atoms with Gasteiger partial charge in [0.05, 0.1) is 12.8 Å². The maximum atomic E-state index is 11.8. The van der Waals surface area contributed by atoms with Crippen LogP contribution in [0.25, 0.3) is 0 Å². The number of amides is 1. The van der Waals surface area contributed by atoms with Gasteiger partial charge < -0.3 is 15.8 Å². The standard InChI is InChI=1S/C12H18N2O3S/c1-7-6-18-10(11(16)17-4)9(7)14-8(15)5-12(2,3)13/h6H,5,13H2,1-4H3,(H,14,15). The molecule has 1 heterocycles. The fourth-order valence-corrected chi connectivity index (χ4v) is 2.36. The van der Waals surface area contributed by atoms with E-state index >= 15 is 0 Å². The van der Waals surface area contributed by atoms with E-state index in [4.69, 9.17) is 5.73 Å². The van der Waals surface area contributed by atoms with Crippen LogP contribution in [0.5, 0.6) is 0 Å². The number of anilines is 1. The van der Waals surface area contributed by atoms with Crippen LogP contribution in [0.1, 0.15) is 35.5 Å². The average molecular weight is 270 g/mol. The maximum Gasteiger partial charge on any atom is 0.350 e. The van der Waals surface area contributed by atoms with E-state index in [1.807, 2.05) is 6.92 Å². The van der Waals surface area contributed by atoms with Crippen LogP contribution in [0.15, 0.2) is 5.38 Å². The molecule has 0 aromatic carbocycles. The van der Waals surface area contributed by atoms with E-state index in [2.05, 4.69) is 10.1 Å². The minimum atomic E-state index is -0.584. The summed E-state index contributed by atoms with van der Waals surface area (Å²) < 4.78 is 4.67. The number of carbonyl (C=O) groups excluding carboxylic acids is 2. The van der Waals surface area contributed by atoms with Crippen molar-refractivity contribution in [2.45, 2.75) is 32.7 Å². The Morgan fingerprint density at radius 3 is 2.61 bits per heavy atom. The Bertz CT molecular complexity index is 460. The van der Waals surface area contributed by atoms with Crippen LogP contribution in [0.4, 0.5) is 5.69 Å². The number of nitrogens with two attached hydrogens (primary N) is 1. The predicted molar refractivity (Wildman–Crippen MR) is 71.9 cm³/mol. The van der Waals surface area contributed by atoms with Crippen molar-refractivity contribution in [1.29, 1.82) is 0 Å². The summed E-state index contributed by atoms with van der Waals surface area (Å²) in [5.41, 5.74) is 6.55. The van der Waals surface area contributed by atoms with Crippen molar-refractivity contribution in [2.24, 2.45) is 5.73 Å². The molecular formula is C12H18N2O3S. The zero-order valence-corrected chi connectivity index (χ0v) is 11.8. The zero-order valence-electron chi connectivity index (χ0n) is 11.0. The Morgan fingerprint density at radius 2 is 2.11 bits per heavy atom. The summed E-state index contributed by atoms with van der Waals surface area (Å²) in [4.78, 5) is 23.7. The molecule has 6 heteroatoms. The SMILES string of the molecule is COC(=O)c1scc(C)c1NC(=O)CC(C)(C)N. The Kier molecular flexibility index (Phi) is 4.48. The van der Waals surface area contributed by atoms with Crippen molar-refractivity contribution in [3.8, 4) is 0 Å². The van der Waals surface area contributed by atoms with Crippen molar-refractivity contribution < 1.29 is 14.3 Å². The van der Waals surface area contributed by atoms with Gasteiger partial charge in [-0.15, -0.1) is 11.3 Å². The monoisotopic (exact) mass is 270 g/mol. The molecule has 0 spiro atoms. The van der Waals surface area contributed by atoms with E-state index in [-0.39, 0.29) is 12.3 Å². The topological polar surface area (TPSA) is 81.4 Å². The number of esters is 1. The molecule has 0 aliphatic heterocycles. The number of thiophene rings is 1. The number of carbonyl (C=O) groups is 2. The lowest BCUT2D eigenvalue weighted by atomic mass is 10.0. The third kappa shape index (κ3) is 3.82. The van der Waals surface area contributed by atoms with Gasteiger partial charge in [-0.1, -0.05) is 0 Å². The first kappa shape index (κ1) is 14.7. The first-order valence-corrected chi connectivity index (χ1v) is 6.37. The van der Waals surface area contributed by atoms with Gasteiger partial charge in [-0.05, 0) is 31.7 Å². The first-order chi connectivity index (χ1) is 8.24. The molecule has 0 radical (unpaired) electrons. The molecule has 5 nitrogen and oxygen atoms in total. The molecule has 1 aromatic heterocycles. The van der Waals surface area contributed by atoms with Gasteiger partial charge >= 0.3 is 5.97 Å². The van der Waals surface area contributed by atoms with E-state index < -0.39 is 11.5 Å². The highest BCUT2D eigenvalue weighted by Gasteiger charge is 2.21. The lowest BCUT2D eigenvalue weighted by molar-refractivity contribution is -0.117. The summed E-state index contributed by atoms with van der Waals surface area (Å²) in [6, 6.07) is 0. The molecule has 1 rings (SSSR count). The first-order valence-electron chi connectivity index (χ1n) is 5.49. The van der Waals surface area contributed by atoms with Gasteiger partial charge in [0.1, 0.15) is 4.88 Å². The van der Waals surface area contributed by atoms with Crippen LogP contribution in [-0.2, 0) is 9.53 Å². The molecule has 3 N–H and O–H groups in total. The third-order valence-electron chi connectivity index (χ3n) is 2.23. The second kappa shape index (κ2) is 5.49.